The fourth-order valence-corrected chi connectivity index (χ4v) is 1.86. The first kappa shape index (κ1) is 9.65. The van der Waals surface area contributed by atoms with Crippen LogP contribution in [0.4, 0.5) is 0 Å². The van der Waals surface area contributed by atoms with Gasteiger partial charge in [0.25, 0.3) is 0 Å². The van der Waals surface area contributed by atoms with Gasteiger partial charge >= 0.3 is 0 Å². The van der Waals surface area contributed by atoms with E-state index in [0.717, 1.165) is 0 Å². The molecule has 0 saturated heterocycles. The maximum atomic E-state index is 9.75. The maximum absolute atomic E-state index is 9.75. The Morgan fingerprint density at radius 2 is 1.47 bits per heavy atom. The molecular formula is C12H8O5. The van der Waals surface area contributed by atoms with E-state index in [2.05, 4.69) is 0 Å². The summed E-state index contributed by atoms with van der Waals surface area (Å²) in [4.78, 5) is 0. The molecule has 1 heterocycles. The molecule has 0 aliphatic heterocycles. The average molecular weight is 232 g/mol. The number of hydrogen-bond acceptors (Lipinski definition) is 5. The maximum Gasteiger partial charge on any atom is 0.169 e. The highest BCUT2D eigenvalue weighted by atomic mass is 16.3. The quantitative estimate of drug-likeness (QED) is 0.446. The zero-order chi connectivity index (χ0) is 12.2. The second-order valence-electron chi connectivity index (χ2n) is 3.75. The van der Waals surface area contributed by atoms with Gasteiger partial charge in [-0.2, -0.15) is 0 Å². The lowest BCUT2D eigenvalue weighted by Gasteiger charge is -1.98. The topological polar surface area (TPSA) is 94.1 Å². The van der Waals surface area contributed by atoms with E-state index in [4.69, 9.17) is 4.42 Å². The molecule has 86 valence electrons. The van der Waals surface area contributed by atoms with Crippen molar-refractivity contribution in [2.75, 3.05) is 0 Å². The van der Waals surface area contributed by atoms with E-state index < -0.39 is 0 Å². The van der Waals surface area contributed by atoms with E-state index in [9.17, 15) is 20.4 Å². The fourth-order valence-electron chi connectivity index (χ4n) is 1.86. The minimum absolute atomic E-state index is 0.271. The van der Waals surface area contributed by atoms with Gasteiger partial charge in [0.2, 0.25) is 0 Å². The molecule has 3 aromatic rings. The summed E-state index contributed by atoms with van der Waals surface area (Å²) < 4.78 is 5.38. The van der Waals surface area contributed by atoms with Crippen molar-refractivity contribution in [1.29, 1.82) is 0 Å². The van der Waals surface area contributed by atoms with Crippen molar-refractivity contribution in [3.05, 3.63) is 24.3 Å². The highest BCUT2D eigenvalue weighted by Gasteiger charge is 2.15. The lowest BCUT2D eigenvalue weighted by atomic mass is 10.1. The van der Waals surface area contributed by atoms with E-state index in [-0.39, 0.29) is 23.0 Å². The van der Waals surface area contributed by atoms with Crippen molar-refractivity contribution in [3.63, 3.8) is 0 Å². The summed E-state index contributed by atoms with van der Waals surface area (Å²) >= 11 is 0. The Morgan fingerprint density at radius 3 is 2.24 bits per heavy atom. The van der Waals surface area contributed by atoms with Crippen LogP contribution in [0.25, 0.3) is 21.9 Å². The van der Waals surface area contributed by atoms with Gasteiger partial charge in [-0.05, 0) is 18.2 Å². The molecule has 0 radical (unpaired) electrons. The third kappa shape index (κ3) is 1.19. The smallest absolute Gasteiger partial charge is 0.169 e. The highest BCUT2D eigenvalue weighted by Crippen LogP contribution is 2.42. The van der Waals surface area contributed by atoms with Crippen molar-refractivity contribution in [2.45, 2.75) is 0 Å². The molecule has 5 heteroatoms. The Hall–Kier alpha value is -2.56. The predicted octanol–water partition coefficient (Wildman–Crippen LogP) is 2.41. The fraction of sp³-hybridized carbons (Fsp3) is 0. The molecular weight excluding hydrogens is 224 g/mol. The van der Waals surface area contributed by atoms with Crippen LogP contribution in [0, 0.1) is 0 Å². The SMILES string of the molecule is Oc1cc2oc3ccc(O)c(O)c3c2cc1O. The molecule has 0 bridgehead atoms. The van der Waals surface area contributed by atoms with Crippen molar-refractivity contribution >= 4 is 21.9 Å². The molecule has 0 amide bonds. The lowest BCUT2D eigenvalue weighted by molar-refractivity contribution is 0.404. The normalized spacial score (nSPS) is 11.3. The Balaban J connectivity index is 2.58. The van der Waals surface area contributed by atoms with Gasteiger partial charge in [-0.25, -0.2) is 0 Å². The van der Waals surface area contributed by atoms with Crippen molar-refractivity contribution in [3.8, 4) is 23.0 Å². The third-order valence-corrected chi connectivity index (χ3v) is 2.68. The molecule has 1 aromatic heterocycles. The Morgan fingerprint density at radius 1 is 0.765 bits per heavy atom. The Labute approximate surface area is 94.8 Å². The van der Waals surface area contributed by atoms with Crippen LogP contribution in [0.1, 0.15) is 0 Å². The van der Waals surface area contributed by atoms with E-state index in [1.54, 1.807) is 0 Å². The molecule has 2 aromatic carbocycles. The number of phenolic OH excluding ortho intramolecular Hbond substituents is 4. The zero-order valence-corrected chi connectivity index (χ0v) is 8.51. The second-order valence-corrected chi connectivity index (χ2v) is 3.75. The van der Waals surface area contributed by atoms with Gasteiger partial charge in [-0.15, -0.1) is 0 Å². The van der Waals surface area contributed by atoms with Crippen LogP contribution in [0.3, 0.4) is 0 Å². The standard InChI is InChI=1S/C12H8O5/c13-6-1-2-9-11(12(6)16)5-3-7(14)8(15)4-10(5)17-9/h1-4,13-16H. The van der Waals surface area contributed by atoms with Crippen LogP contribution in [0.2, 0.25) is 0 Å². The van der Waals surface area contributed by atoms with Gasteiger partial charge in [-0.1, -0.05) is 0 Å². The van der Waals surface area contributed by atoms with Crippen molar-refractivity contribution in [1.82, 2.24) is 0 Å². The molecule has 5 nitrogen and oxygen atoms in total. The van der Waals surface area contributed by atoms with E-state index >= 15 is 0 Å². The number of furan rings is 1. The summed E-state index contributed by atoms with van der Waals surface area (Å²) in [5, 5.41) is 38.7. The largest absolute Gasteiger partial charge is 0.504 e. The molecule has 0 aliphatic carbocycles. The molecule has 4 N–H and O–H groups in total. The Bertz CT molecular complexity index is 742. The number of benzene rings is 2. The number of fused-ring (bicyclic) bond motifs is 3. The summed E-state index contributed by atoms with van der Waals surface area (Å²) in [6, 6.07) is 5.33. The molecule has 0 aliphatic rings. The molecule has 0 saturated carbocycles. The number of aromatic hydroxyl groups is 4. The summed E-state index contributed by atoms with van der Waals surface area (Å²) in [5.41, 5.74) is 0.677. The van der Waals surface area contributed by atoms with Crippen LogP contribution in [0.15, 0.2) is 28.7 Å². The summed E-state index contributed by atoms with van der Waals surface area (Å²) in [6.45, 7) is 0. The summed E-state index contributed by atoms with van der Waals surface area (Å²) in [5.74, 6) is -1.21. The number of rotatable bonds is 0. The minimum Gasteiger partial charge on any atom is -0.504 e. The van der Waals surface area contributed by atoms with Gasteiger partial charge in [0.05, 0.1) is 5.39 Å². The van der Waals surface area contributed by atoms with Gasteiger partial charge in [0.1, 0.15) is 11.2 Å². The van der Waals surface area contributed by atoms with Crippen LogP contribution in [-0.4, -0.2) is 20.4 Å². The first-order valence-electron chi connectivity index (χ1n) is 4.87. The average Bonchev–Trinajstić information content (AvgIpc) is 2.63. The predicted molar refractivity (Wildman–Crippen MR) is 60.4 cm³/mol. The highest BCUT2D eigenvalue weighted by molar-refractivity contribution is 6.09. The van der Waals surface area contributed by atoms with E-state index in [1.807, 2.05) is 0 Å². The molecule has 0 spiro atoms. The van der Waals surface area contributed by atoms with Crippen molar-refractivity contribution < 1.29 is 24.8 Å². The number of phenols is 4. The monoisotopic (exact) mass is 232 g/mol. The van der Waals surface area contributed by atoms with Gasteiger partial charge in [-0.3, -0.25) is 0 Å². The van der Waals surface area contributed by atoms with Gasteiger partial charge in [0, 0.05) is 11.5 Å². The van der Waals surface area contributed by atoms with Crippen LogP contribution in [-0.2, 0) is 0 Å². The summed E-state index contributed by atoms with van der Waals surface area (Å²) in [6.07, 6.45) is 0. The Kier molecular flexibility index (Phi) is 1.69. The number of hydrogen-bond donors (Lipinski definition) is 4. The first-order chi connectivity index (χ1) is 8.08. The minimum atomic E-state index is -0.317. The van der Waals surface area contributed by atoms with Crippen molar-refractivity contribution in [2.24, 2.45) is 0 Å². The summed E-state index contributed by atoms with van der Waals surface area (Å²) in [7, 11) is 0. The second kappa shape index (κ2) is 2.98. The molecule has 0 atom stereocenters. The van der Waals surface area contributed by atoms with Gasteiger partial charge in [0.15, 0.2) is 23.0 Å². The van der Waals surface area contributed by atoms with Crippen LogP contribution in [0.5, 0.6) is 23.0 Å². The molecule has 0 fully saturated rings. The first-order valence-corrected chi connectivity index (χ1v) is 4.87. The van der Waals surface area contributed by atoms with E-state index in [0.29, 0.717) is 21.9 Å². The molecule has 0 unspecified atom stereocenters. The van der Waals surface area contributed by atoms with Crippen LogP contribution >= 0.6 is 0 Å². The molecule has 17 heavy (non-hydrogen) atoms. The lowest BCUT2D eigenvalue weighted by Crippen LogP contribution is -1.72. The molecule has 3 rings (SSSR count). The van der Waals surface area contributed by atoms with Gasteiger partial charge < -0.3 is 24.8 Å². The third-order valence-electron chi connectivity index (χ3n) is 2.68. The van der Waals surface area contributed by atoms with Crippen LogP contribution < -0.4 is 0 Å². The van der Waals surface area contributed by atoms with E-state index in [1.165, 1.54) is 24.3 Å². The zero-order valence-electron chi connectivity index (χ0n) is 8.51.